The molecule has 7 heteroatoms. The fourth-order valence-corrected chi connectivity index (χ4v) is 2.49. The van der Waals surface area contributed by atoms with Gasteiger partial charge < -0.3 is 4.42 Å². The van der Waals surface area contributed by atoms with Crippen molar-refractivity contribution in [1.82, 2.24) is 25.2 Å². The van der Waals surface area contributed by atoms with Gasteiger partial charge in [0.2, 0.25) is 11.8 Å². The minimum atomic E-state index is 0.397. The number of rotatable bonds is 4. The van der Waals surface area contributed by atoms with E-state index in [-0.39, 0.29) is 0 Å². The molecule has 0 aliphatic heterocycles. The summed E-state index contributed by atoms with van der Waals surface area (Å²) in [6, 6.07) is 15.3. The Bertz CT molecular complexity index is 944. The lowest BCUT2D eigenvalue weighted by atomic mass is 10.1. The van der Waals surface area contributed by atoms with Crippen LogP contribution >= 0.6 is 11.6 Å². The summed E-state index contributed by atoms with van der Waals surface area (Å²) in [6.07, 6.45) is 0.572. The molecule has 2 heterocycles. The van der Waals surface area contributed by atoms with E-state index in [1.807, 2.05) is 48.5 Å². The topological polar surface area (TPSA) is 69.6 Å². The molecule has 0 spiro atoms. The molecule has 2 aromatic carbocycles. The normalized spacial score (nSPS) is 11.2. The summed E-state index contributed by atoms with van der Waals surface area (Å²) < 4.78 is 7.44. The second-order valence-electron chi connectivity index (χ2n) is 5.13. The quantitative estimate of drug-likeness (QED) is 0.576. The van der Waals surface area contributed by atoms with Crippen molar-refractivity contribution in [2.45, 2.75) is 13.0 Å². The smallest absolute Gasteiger partial charge is 0.238 e. The Labute approximate surface area is 136 Å². The molecule has 114 valence electrons. The standard InChI is InChI=1S/C16H12ClN5O/c17-12-7-5-11(6-8-12)9-15-19-20-16(23-15)10-22-14-4-2-1-3-13(14)18-21-22/h1-8H,9-10H2. The number of nitrogens with zero attached hydrogens (tertiary/aromatic N) is 5. The van der Waals surface area contributed by atoms with Gasteiger partial charge in [-0.25, -0.2) is 4.68 Å². The monoisotopic (exact) mass is 325 g/mol. The number of aromatic nitrogens is 5. The van der Waals surface area contributed by atoms with Crippen molar-refractivity contribution in [3.05, 3.63) is 70.9 Å². The van der Waals surface area contributed by atoms with E-state index in [9.17, 15) is 0 Å². The fourth-order valence-electron chi connectivity index (χ4n) is 2.36. The van der Waals surface area contributed by atoms with E-state index in [0.717, 1.165) is 16.6 Å². The van der Waals surface area contributed by atoms with Crippen LogP contribution in [0.3, 0.4) is 0 Å². The number of hydrogen-bond acceptors (Lipinski definition) is 5. The molecule has 0 aliphatic rings. The van der Waals surface area contributed by atoms with Crippen LogP contribution in [-0.4, -0.2) is 25.2 Å². The Kier molecular flexibility index (Phi) is 3.51. The lowest BCUT2D eigenvalue weighted by Crippen LogP contribution is -2.02. The summed E-state index contributed by atoms with van der Waals surface area (Å²) in [5.74, 6) is 1.07. The third kappa shape index (κ3) is 2.93. The van der Waals surface area contributed by atoms with Crippen LogP contribution in [0.25, 0.3) is 11.0 Å². The van der Waals surface area contributed by atoms with Crippen LogP contribution in [0.1, 0.15) is 17.3 Å². The van der Waals surface area contributed by atoms with E-state index < -0.39 is 0 Å². The number of halogens is 1. The van der Waals surface area contributed by atoms with Crippen LogP contribution < -0.4 is 0 Å². The molecule has 23 heavy (non-hydrogen) atoms. The van der Waals surface area contributed by atoms with E-state index in [4.69, 9.17) is 16.0 Å². The summed E-state index contributed by atoms with van der Waals surface area (Å²) in [4.78, 5) is 0. The average molecular weight is 326 g/mol. The molecule has 0 aliphatic carbocycles. The second kappa shape index (κ2) is 5.81. The van der Waals surface area contributed by atoms with Gasteiger partial charge in [0, 0.05) is 5.02 Å². The van der Waals surface area contributed by atoms with Crippen LogP contribution in [0.2, 0.25) is 5.02 Å². The third-order valence-electron chi connectivity index (χ3n) is 3.48. The van der Waals surface area contributed by atoms with Crippen molar-refractivity contribution >= 4 is 22.6 Å². The summed E-state index contributed by atoms with van der Waals surface area (Å²) in [5, 5.41) is 17.1. The first-order chi connectivity index (χ1) is 11.3. The Morgan fingerprint density at radius 3 is 2.57 bits per heavy atom. The number of para-hydroxylation sites is 1. The molecular weight excluding hydrogens is 314 g/mol. The maximum absolute atomic E-state index is 5.88. The van der Waals surface area contributed by atoms with E-state index in [2.05, 4.69) is 20.5 Å². The number of fused-ring (bicyclic) bond motifs is 1. The van der Waals surface area contributed by atoms with Crippen molar-refractivity contribution in [2.75, 3.05) is 0 Å². The SMILES string of the molecule is Clc1ccc(Cc2nnc(Cn3nnc4ccccc43)o2)cc1. The first-order valence-corrected chi connectivity index (χ1v) is 7.50. The molecule has 6 nitrogen and oxygen atoms in total. The van der Waals surface area contributed by atoms with Crippen LogP contribution in [0.4, 0.5) is 0 Å². The minimum Gasteiger partial charge on any atom is -0.423 e. The highest BCUT2D eigenvalue weighted by atomic mass is 35.5. The predicted molar refractivity (Wildman–Crippen MR) is 85.2 cm³/mol. The zero-order valence-corrected chi connectivity index (χ0v) is 12.8. The molecule has 0 amide bonds. The Morgan fingerprint density at radius 2 is 1.70 bits per heavy atom. The van der Waals surface area contributed by atoms with E-state index in [1.54, 1.807) is 4.68 Å². The van der Waals surface area contributed by atoms with Crippen molar-refractivity contribution < 1.29 is 4.42 Å². The Morgan fingerprint density at radius 1 is 0.913 bits per heavy atom. The van der Waals surface area contributed by atoms with Gasteiger partial charge in [0.1, 0.15) is 12.1 Å². The molecule has 4 aromatic rings. The molecule has 0 bridgehead atoms. The van der Waals surface area contributed by atoms with Gasteiger partial charge in [0.15, 0.2) is 0 Å². The molecule has 0 saturated heterocycles. The largest absolute Gasteiger partial charge is 0.423 e. The van der Waals surface area contributed by atoms with Gasteiger partial charge in [-0.1, -0.05) is 41.1 Å². The number of hydrogen-bond donors (Lipinski definition) is 0. The van der Waals surface area contributed by atoms with Crippen LogP contribution in [0, 0.1) is 0 Å². The van der Waals surface area contributed by atoms with Crippen molar-refractivity contribution in [1.29, 1.82) is 0 Å². The molecule has 0 atom stereocenters. The minimum absolute atomic E-state index is 0.397. The predicted octanol–water partition coefficient (Wildman–Crippen LogP) is 3.11. The lowest BCUT2D eigenvalue weighted by Gasteiger charge is -1.98. The average Bonchev–Trinajstić information content (AvgIpc) is 3.18. The van der Waals surface area contributed by atoms with Gasteiger partial charge >= 0.3 is 0 Å². The van der Waals surface area contributed by atoms with Crippen LogP contribution in [0.5, 0.6) is 0 Å². The highest BCUT2D eigenvalue weighted by molar-refractivity contribution is 6.30. The van der Waals surface area contributed by atoms with Crippen molar-refractivity contribution in [2.24, 2.45) is 0 Å². The van der Waals surface area contributed by atoms with Gasteiger partial charge in [0.25, 0.3) is 0 Å². The highest BCUT2D eigenvalue weighted by Gasteiger charge is 2.10. The molecule has 0 saturated carbocycles. The fraction of sp³-hybridized carbons (Fsp3) is 0.125. The van der Waals surface area contributed by atoms with Crippen LogP contribution in [-0.2, 0) is 13.0 Å². The first-order valence-electron chi connectivity index (χ1n) is 7.12. The Balaban J connectivity index is 1.52. The van der Waals surface area contributed by atoms with Gasteiger partial charge in [-0.2, -0.15) is 0 Å². The molecule has 2 aromatic heterocycles. The summed E-state index contributed by atoms with van der Waals surface area (Å²) in [5.41, 5.74) is 2.84. The van der Waals surface area contributed by atoms with Crippen molar-refractivity contribution in [3.8, 4) is 0 Å². The van der Waals surface area contributed by atoms with Gasteiger partial charge in [0.05, 0.1) is 11.9 Å². The molecule has 4 rings (SSSR count). The second-order valence-corrected chi connectivity index (χ2v) is 5.57. The van der Waals surface area contributed by atoms with Gasteiger partial charge in [-0.3, -0.25) is 0 Å². The summed E-state index contributed by atoms with van der Waals surface area (Å²) in [7, 11) is 0. The highest BCUT2D eigenvalue weighted by Crippen LogP contribution is 2.15. The molecule has 0 fully saturated rings. The van der Waals surface area contributed by atoms with Gasteiger partial charge in [-0.05, 0) is 29.8 Å². The maximum Gasteiger partial charge on any atom is 0.238 e. The van der Waals surface area contributed by atoms with E-state index >= 15 is 0 Å². The zero-order chi connectivity index (χ0) is 15.6. The zero-order valence-electron chi connectivity index (χ0n) is 12.1. The molecule has 0 N–H and O–H groups in total. The molecule has 0 unspecified atom stereocenters. The van der Waals surface area contributed by atoms with Crippen LogP contribution in [0.15, 0.2) is 52.9 Å². The number of benzene rings is 2. The summed E-state index contributed by atoms with van der Waals surface area (Å²) >= 11 is 5.88. The van der Waals surface area contributed by atoms with E-state index in [1.165, 1.54) is 0 Å². The molecule has 0 radical (unpaired) electrons. The first kappa shape index (κ1) is 13.9. The third-order valence-corrected chi connectivity index (χ3v) is 3.73. The maximum atomic E-state index is 5.88. The van der Waals surface area contributed by atoms with Crippen molar-refractivity contribution in [3.63, 3.8) is 0 Å². The van der Waals surface area contributed by atoms with Gasteiger partial charge in [-0.15, -0.1) is 15.3 Å². The Hall–Kier alpha value is -2.73. The lowest BCUT2D eigenvalue weighted by molar-refractivity contribution is 0.436. The summed E-state index contributed by atoms with van der Waals surface area (Å²) in [6.45, 7) is 0.397. The van der Waals surface area contributed by atoms with E-state index in [0.29, 0.717) is 29.8 Å². The molecular formula is C16H12ClN5O.